The van der Waals surface area contributed by atoms with Crippen LogP contribution in [0.1, 0.15) is 25.0 Å². The molecule has 2 amide bonds. The van der Waals surface area contributed by atoms with Gasteiger partial charge < -0.3 is 15.0 Å². The molecule has 0 unspecified atom stereocenters. The Kier molecular flexibility index (Phi) is 12.3. The Balaban J connectivity index is 1.82. The van der Waals surface area contributed by atoms with E-state index in [2.05, 4.69) is 5.32 Å². The zero-order valence-corrected chi connectivity index (χ0v) is 28.4. The maximum Gasteiger partial charge on any atom is 0.264 e. The Morgan fingerprint density at radius 2 is 1.46 bits per heavy atom. The summed E-state index contributed by atoms with van der Waals surface area (Å²) in [6.07, 6.45) is 0.160. The highest BCUT2D eigenvalue weighted by Crippen LogP contribution is 2.30. The number of carbonyl (C=O) groups is 2. The molecule has 0 fully saturated rings. The lowest BCUT2D eigenvalue weighted by molar-refractivity contribution is -0.140. The summed E-state index contributed by atoms with van der Waals surface area (Å²) in [5.41, 5.74) is 1.45. The predicted molar refractivity (Wildman–Crippen MR) is 183 cm³/mol. The highest BCUT2D eigenvalue weighted by Gasteiger charge is 2.35. The summed E-state index contributed by atoms with van der Waals surface area (Å²) in [6, 6.07) is 25.2. The van der Waals surface area contributed by atoms with E-state index < -0.39 is 34.4 Å². The van der Waals surface area contributed by atoms with E-state index in [9.17, 15) is 18.0 Å². The Morgan fingerprint density at radius 1 is 0.826 bits per heavy atom. The minimum Gasteiger partial charge on any atom is -0.494 e. The maximum atomic E-state index is 14.5. The van der Waals surface area contributed by atoms with Crippen LogP contribution in [0.4, 0.5) is 5.69 Å². The first-order valence-corrected chi connectivity index (χ1v) is 17.2. The normalized spacial score (nSPS) is 11.8. The number of nitrogens with one attached hydrogen (secondary N) is 1. The van der Waals surface area contributed by atoms with Gasteiger partial charge in [-0.1, -0.05) is 71.2 Å². The van der Waals surface area contributed by atoms with Gasteiger partial charge in [0.2, 0.25) is 11.8 Å². The summed E-state index contributed by atoms with van der Waals surface area (Å²) >= 11 is 19.1. The van der Waals surface area contributed by atoms with Gasteiger partial charge in [-0.15, -0.1) is 0 Å². The Morgan fingerprint density at radius 3 is 2.04 bits per heavy atom. The molecule has 0 saturated carbocycles. The molecule has 0 aliphatic heterocycles. The first-order valence-electron chi connectivity index (χ1n) is 14.6. The van der Waals surface area contributed by atoms with Crippen molar-refractivity contribution in [3.63, 3.8) is 0 Å². The van der Waals surface area contributed by atoms with E-state index in [4.69, 9.17) is 39.5 Å². The molecular formula is C34H34Cl3N3O5S. The summed E-state index contributed by atoms with van der Waals surface area (Å²) in [6.45, 7) is 3.58. The van der Waals surface area contributed by atoms with Gasteiger partial charge in [0.25, 0.3) is 10.0 Å². The predicted octanol–water partition coefficient (Wildman–Crippen LogP) is 7.02. The lowest BCUT2D eigenvalue weighted by atomic mass is 10.0. The van der Waals surface area contributed by atoms with Crippen molar-refractivity contribution in [2.24, 2.45) is 0 Å². The largest absolute Gasteiger partial charge is 0.494 e. The van der Waals surface area contributed by atoms with E-state index in [1.54, 1.807) is 49.4 Å². The summed E-state index contributed by atoms with van der Waals surface area (Å²) in [7, 11) is -4.30. The van der Waals surface area contributed by atoms with Gasteiger partial charge in [-0.25, -0.2) is 8.42 Å². The van der Waals surface area contributed by atoms with Crippen molar-refractivity contribution in [2.45, 2.75) is 37.8 Å². The Bertz CT molecular complexity index is 1720. The molecule has 242 valence electrons. The molecule has 0 spiro atoms. The summed E-state index contributed by atoms with van der Waals surface area (Å²) in [4.78, 5) is 29.4. The monoisotopic (exact) mass is 701 g/mol. The zero-order chi connectivity index (χ0) is 33.3. The van der Waals surface area contributed by atoms with Crippen molar-refractivity contribution >= 4 is 62.3 Å². The number of anilines is 1. The molecular weight excluding hydrogens is 669 g/mol. The van der Waals surface area contributed by atoms with Crippen molar-refractivity contribution in [1.82, 2.24) is 10.2 Å². The van der Waals surface area contributed by atoms with Crippen molar-refractivity contribution in [1.29, 1.82) is 0 Å². The first-order chi connectivity index (χ1) is 22.0. The van der Waals surface area contributed by atoms with Gasteiger partial charge in [0.1, 0.15) is 18.3 Å². The minimum absolute atomic E-state index is 0.0659. The average Bonchev–Trinajstić information content (AvgIpc) is 3.04. The fourth-order valence-electron chi connectivity index (χ4n) is 4.84. The number of amides is 2. The van der Waals surface area contributed by atoms with Crippen LogP contribution in [0.5, 0.6) is 5.75 Å². The van der Waals surface area contributed by atoms with Crippen LogP contribution in [0, 0.1) is 0 Å². The summed E-state index contributed by atoms with van der Waals surface area (Å²) < 4.78 is 34.8. The van der Waals surface area contributed by atoms with Crippen molar-refractivity contribution in [3.8, 4) is 5.75 Å². The molecule has 0 radical (unpaired) electrons. The fraction of sp³-hybridized carbons (Fsp3) is 0.235. The number of halogens is 3. The van der Waals surface area contributed by atoms with E-state index in [1.807, 2.05) is 37.3 Å². The molecule has 12 heteroatoms. The van der Waals surface area contributed by atoms with E-state index in [0.29, 0.717) is 39.5 Å². The molecule has 4 aromatic carbocycles. The highest BCUT2D eigenvalue weighted by molar-refractivity contribution is 7.92. The molecule has 0 saturated heterocycles. The molecule has 0 bridgehead atoms. The molecule has 1 atom stereocenters. The van der Waals surface area contributed by atoms with Crippen LogP contribution in [-0.4, -0.2) is 50.9 Å². The molecule has 8 nitrogen and oxygen atoms in total. The third-order valence-electron chi connectivity index (χ3n) is 7.13. The lowest BCUT2D eigenvalue weighted by Crippen LogP contribution is -2.53. The van der Waals surface area contributed by atoms with Crippen LogP contribution >= 0.6 is 34.8 Å². The average molecular weight is 703 g/mol. The van der Waals surface area contributed by atoms with Gasteiger partial charge in [0.05, 0.1) is 17.2 Å². The lowest BCUT2D eigenvalue weighted by Gasteiger charge is -2.34. The van der Waals surface area contributed by atoms with Crippen LogP contribution < -0.4 is 14.4 Å². The highest BCUT2D eigenvalue weighted by atomic mass is 35.5. The number of likely N-dealkylation sites (N-methyl/N-ethyl adjacent to an activating group) is 1. The number of hydrogen-bond acceptors (Lipinski definition) is 5. The van der Waals surface area contributed by atoms with Crippen molar-refractivity contribution in [2.75, 3.05) is 24.0 Å². The molecule has 46 heavy (non-hydrogen) atoms. The molecule has 1 N–H and O–H groups in total. The van der Waals surface area contributed by atoms with Crippen LogP contribution in [-0.2, 0) is 32.6 Å². The number of hydrogen-bond donors (Lipinski definition) is 1. The SMILES string of the molecule is CCNC(=O)[C@H](Cc1ccccc1)N(Cc1c(Cl)cccc1Cl)C(=O)CN(c1ccc(OCC)cc1)S(=O)(=O)c1ccc(Cl)cc1. The van der Waals surface area contributed by atoms with Gasteiger partial charge >= 0.3 is 0 Å². The van der Waals surface area contributed by atoms with E-state index in [-0.39, 0.29) is 23.5 Å². The molecule has 0 aliphatic rings. The van der Waals surface area contributed by atoms with E-state index in [0.717, 1.165) is 9.87 Å². The summed E-state index contributed by atoms with van der Waals surface area (Å²) in [5, 5.41) is 3.79. The first kappa shape index (κ1) is 35.1. The standard InChI is InChI=1S/C34H34Cl3N3O5S/c1-3-38-34(42)32(21-24-9-6-5-7-10-24)39(22-29-30(36)11-8-12-31(29)37)33(41)23-40(26-15-17-27(18-16-26)45-4-2)46(43,44)28-19-13-25(35)14-20-28/h5-20,32H,3-4,21-23H2,1-2H3,(H,38,42)/t32-/m0/s1. The van der Waals surface area contributed by atoms with Crippen LogP contribution in [0.15, 0.2) is 102 Å². The molecule has 0 heterocycles. The van der Waals surface area contributed by atoms with Gasteiger partial charge in [-0.3, -0.25) is 13.9 Å². The van der Waals surface area contributed by atoms with Crippen molar-refractivity contribution in [3.05, 3.63) is 123 Å². The smallest absolute Gasteiger partial charge is 0.264 e. The number of sulfonamides is 1. The number of nitrogens with zero attached hydrogens (tertiary/aromatic N) is 2. The molecule has 0 aliphatic carbocycles. The third kappa shape index (κ3) is 8.73. The van der Waals surface area contributed by atoms with Gasteiger partial charge in [0.15, 0.2) is 0 Å². The topological polar surface area (TPSA) is 96.0 Å². The Labute approximate surface area is 284 Å². The van der Waals surface area contributed by atoms with Crippen LogP contribution in [0.2, 0.25) is 15.1 Å². The van der Waals surface area contributed by atoms with Gasteiger partial charge in [-0.05, 0) is 80.1 Å². The van der Waals surface area contributed by atoms with E-state index in [1.165, 1.54) is 29.2 Å². The second-order valence-corrected chi connectivity index (χ2v) is 13.3. The molecule has 4 aromatic rings. The number of ether oxygens (including phenoxy) is 1. The van der Waals surface area contributed by atoms with Gasteiger partial charge in [0, 0.05) is 40.1 Å². The fourth-order valence-corrected chi connectivity index (χ4v) is 6.89. The number of benzene rings is 4. The number of rotatable bonds is 14. The molecule has 0 aromatic heterocycles. The van der Waals surface area contributed by atoms with Crippen LogP contribution in [0.3, 0.4) is 0 Å². The number of carbonyl (C=O) groups excluding carboxylic acids is 2. The molecule has 4 rings (SSSR count). The third-order valence-corrected chi connectivity index (χ3v) is 9.88. The maximum absolute atomic E-state index is 14.5. The second kappa shape index (κ2) is 16.2. The van der Waals surface area contributed by atoms with E-state index >= 15 is 0 Å². The van der Waals surface area contributed by atoms with Crippen molar-refractivity contribution < 1.29 is 22.7 Å². The zero-order valence-electron chi connectivity index (χ0n) is 25.3. The summed E-state index contributed by atoms with van der Waals surface area (Å²) in [5.74, 6) is -0.513. The Hall–Kier alpha value is -3.76. The van der Waals surface area contributed by atoms with Crippen LogP contribution in [0.25, 0.3) is 0 Å². The second-order valence-electron chi connectivity index (χ2n) is 10.2. The quantitative estimate of drug-likeness (QED) is 0.153. The minimum atomic E-state index is -4.30. The van der Waals surface area contributed by atoms with Gasteiger partial charge in [-0.2, -0.15) is 0 Å².